The van der Waals surface area contributed by atoms with Crippen LogP contribution < -0.4 is 10.5 Å². The summed E-state index contributed by atoms with van der Waals surface area (Å²) < 4.78 is 0. The molecule has 1 aliphatic carbocycles. The molecule has 1 saturated heterocycles. The standard InChI is InChI=1S/C22H28N4O2/c1-14(27)15-5-6-17(23-13-15)26-11-9-22(10-12-26)8-7-16-18(22)24-20(21(2,3)4)25-19(16)28/h5-6,13H,7-12H2,1-4H3,(H,24,25,28). The van der Waals surface area contributed by atoms with Crippen molar-refractivity contribution < 1.29 is 4.79 Å². The number of H-pyrrole nitrogens is 1. The Labute approximate surface area is 165 Å². The molecule has 0 saturated carbocycles. The lowest BCUT2D eigenvalue weighted by molar-refractivity contribution is 0.101. The van der Waals surface area contributed by atoms with Gasteiger partial charge in [0.05, 0.1) is 5.69 Å². The molecule has 4 rings (SSSR count). The van der Waals surface area contributed by atoms with Gasteiger partial charge >= 0.3 is 0 Å². The number of ketones is 1. The maximum atomic E-state index is 12.6. The number of Topliss-reactive ketones (excluding diaryl/α,β-unsaturated/α-hetero) is 1. The van der Waals surface area contributed by atoms with Crippen molar-refractivity contribution in [3.05, 3.63) is 51.3 Å². The lowest BCUT2D eigenvalue weighted by Gasteiger charge is -2.40. The van der Waals surface area contributed by atoms with Crippen LogP contribution >= 0.6 is 0 Å². The summed E-state index contributed by atoms with van der Waals surface area (Å²) in [5.74, 6) is 1.72. The lowest BCUT2D eigenvalue weighted by atomic mass is 9.76. The van der Waals surface area contributed by atoms with Crippen LogP contribution in [0.3, 0.4) is 0 Å². The molecule has 6 nitrogen and oxygen atoms in total. The number of hydrogen-bond acceptors (Lipinski definition) is 5. The molecule has 2 aliphatic rings. The van der Waals surface area contributed by atoms with Crippen molar-refractivity contribution in [3.63, 3.8) is 0 Å². The maximum absolute atomic E-state index is 12.6. The molecule has 0 atom stereocenters. The van der Waals surface area contributed by atoms with E-state index in [4.69, 9.17) is 4.98 Å². The summed E-state index contributed by atoms with van der Waals surface area (Å²) in [4.78, 5) is 38.8. The number of aromatic amines is 1. The fourth-order valence-corrected chi connectivity index (χ4v) is 4.44. The molecular weight excluding hydrogens is 352 g/mol. The Hall–Kier alpha value is -2.50. The van der Waals surface area contributed by atoms with Gasteiger partial charge in [-0.3, -0.25) is 9.59 Å². The average Bonchev–Trinajstić information content (AvgIpc) is 3.01. The summed E-state index contributed by atoms with van der Waals surface area (Å²) in [5, 5.41) is 0. The van der Waals surface area contributed by atoms with Gasteiger partial charge < -0.3 is 9.88 Å². The molecule has 1 spiro atoms. The van der Waals surface area contributed by atoms with Crippen molar-refractivity contribution in [2.24, 2.45) is 0 Å². The van der Waals surface area contributed by atoms with Crippen LogP contribution in [0.15, 0.2) is 23.1 Å². The van der Waals surface area contributed by atoms with Crippen molar-refractivity contribution >= 4 is 11.6 Å². The second-order valence-electron chi connectivity index (χ2n) is 9.22. The van der Waals surface area contributed by atoms with Gasteiger partial charge in [-0.2, -0.15) is 0 Å². The fraction of sp³-hybridized carbons (Fsp3) is 0.545. The number of piperidine rings is 1. The molecule has 6 heteroatoms. The van der Waals surface area contributed by atoms with E-state index < -0.39 is 0 Å². The fourth-order valence-electron chi connectivity index (χ4n) is 4.44. The molecule has 2 aromatic heterocycles. The number of hydrogen-bond donors (Lipinski definition) is 1. The molecule has 148 valence electrons. The second kappa shape index (κ2) is 6.54. The summed E-state index contributed by atoms with van der Waals surface area (Å²) in [7, 11) is 0. The Morgan fingerprint density at radius 2 is 1.89 bits per heavy atom. The normalized spacial score (nSPS) is 18.4. The van der Waals surface area contributed by atoms with Gasteiger partial charge in [-0.15, -0.1) is 0 Å². The van der Waals surface area contributed by atoms with Crippen molar-refractivity contribution in [3.8, 4) is 0 Å². The van der Waals surface area contributed by atoms with E-state index in [0.29, 0.717) is 5.56 Å². The van der Waals surface area contributed by atoms with E-state index in [1.807, 2.05) is 12.1 Å². The van der Waals surface area contributed by atoms with Crippen molar-refractivity contribution in [1.82, 2.24) is 15.0 Å². The minimum Gasteiger partial charge on any atom is -0.357 e. The third-order valence-electron chi connectivity index (χ3n) is 6.28. The Balaban J connectivity index is 1.58. The maximum Gasteiger partial charge on any atom is 0.254 e. The smallest absolute Gasteiger partial charge is 0.254 e. The molecular formula is C22H28N4O2. The first kappa shape index (κ1) is 18.8. The molecule has 2 aromatic rings. The van der Waals surface area contributed by atoms with Crippen LogP contribution in [-0.4, -0.2) is 33.8 Å². The number of carbonyl (C=O) groups excluding carboxylic acids is 1. The zero-order valence-electron chi connectivity index (χ0n) is 17.1. The molecule has 3 heterocycles. The number of carbonyl (C=O) groups is 1. The molecule has 1 fully saturated rings. The Morgan fingerprint density at radius 3 is 2.46 bits per heavy atom. The number of nitrogens with one attached hydrogen (secondary N) is 1. The highest BCUT2D eigenvalue weighted by molar-refractivity contribution is 5.93. The summed E-state index contributed by atoms with van der Waals surface area (Å²) >= 11 is 0. The summed E-state index contributed by atoms with van der Waals surface area (Å²) in [5.41, 5.74) is 2.41. The molecule has 28 heavy (non-hydrogen) atoms. The molecule has 0 radical (unpaired) electrons. The van der Waals surface area contributed by atoms with Crippen LogP contribution in [0.1, 0.15) is 74.4 Å². The van der Waals surface area contributed by atoms with E-state index in [0.717, 1.165) is 61.7 Å². The SMILES string of the molecule is CC(=O)c1ccc(N2CCC3(CCc4c3nc(C(C)(C)C)[nH]c4=O)CC2)nc1. The minimum absolute atomic E-state index is 0.000577. The van der Waals surface area contributed by atoms with Gasteiger partial charge in [0.1, 0.15) is 11.6 Å². The average molecular weight is 380 g/mol. The summed E-state index contributed by atoms with van der Waals surface area (Å²) in [6, 6.07) is 3.77. The van der Waals surface area contributed by atoms with Crippen LogP contribution in [0.2, 0.25) is 0 Å². The van der Waals surface area contributed by atoms with Crippen molar-refractivity contribution in [2.75, 3.05) is 18.0 Å². The van der Waals surface area contributed by atoms with E-state index in [1.54, 1.807) is 13.1 Å². The highest BCUT2D eigenvalue weighted by Gasteiger charge is 2.44. The monoisotopic (exact) mass is 380 g/mol. The Kier molecular flexibility index (Phi) is 4.40. The van der Waals surface area contributed by atoms with Crippen LogP contribution in [0.4, 0.5) is 5.82 Å². The lowest BCUT2D eigenvalue weighted by Crippen LogP contribution is -2.43. The molecule has 0 amide bonds. The predicted molar refractivity (Wildman–Crippen MR) is 109 cm³/mol. The number of aromatic nitrogens is 3. The van der Waals surface area contributed by atoms with Gasteiger partial charge in [-0.25, -0.2) is 9.97 Å². The van der Waals surface area contributed by atoms with Gasteiger partial charge in [0.2, 0.25) is 0 Å². The molecule has 1 N–H and O–H groups in total. The van der Waals surface area contributed by atoms with Gasteiger partial charge in [0, 0.05) is 41.2 Å². The van der Waals surface area contributed by atoms with Crippen molar-refractivity contribution in [2.45, 2.75) is 64.2 Å². The minimum atomic E-state index is -0.180. The van der Waals surface area contributed by atoms with Crippen molar-refractivity contribution in [1.29, 1.82) is 0 Å². The molecule has 0 unspecified atom stereocenters. The van der Waals surface area contributed by atoms with E-state index in [9.17, 15) is 9.59 Å². The zero-order chi connectivity index (χ0) is 20.1. The molecule has 0 aromatic carbocycles. The van der Waals surface area contributed by atoms with Gasteiger partial charge in [0.15, 0.2) is 5.78 Å². The Bertz CT molecular complexity index is 962. The Morgan fingerprint density at radius 1 is 1.18 bits per heavy atom. The van der Waals surface area contributed by atoms with E-state index in [-0.39, 0.29) is 22.2 Å². The third-order valence-corrected chi connectivity index (χ3v) is 6.28. The number of nitrogens with zero attached hydrogens (tertiary/aromatic N) is 3. The highest BCUT2D eigenvalue weighted by atomic mass is 16.1. The second-order valence-corrected chi connectivity index (χ2v) is 9.22. The largest absolute Gasteiger partial charge is 0.357 e. The number of anilines is 1. The van der Waals surface area contributed by atoms with Crippen LogP contribution in [0, 0.1) is 0 Å². The first-order valence-corrected chi connectivity index (χ1v) is 10.1. The van der Waals surface area contributed by atoms with E-state index in [1.165, 1.54) is 0 Å². The van der Waals surface area contributed by atoms with E-state index >= 15 is 0 Å². The molecule has 0 bridgehead atoms. The first-order chi connectivity index (χ1) is 13.2. The topological polar surface area (TPSA) is 79.0 Å². The first-order valence-electron chi connectivity index (χ1n) is 10.1. The number of fused-ring (bicyclic) bond motifs is 2. The van der Waals surface area contributed by atoms with E-state index in [2.05, 4.69) is 35.6 Å². The van der Waals surface area contributed by atoms with Crippen LogP contribution in [0.25, 0.3) is 0 Å². The number of rotatable bonds is 2. The number of pyridine rings is 1. The predicted octanol–water partition coefficient (Wildman–Crippen LogP) is 3.15. The zero-order valence-corrected chi connectivity index (χ0v) is 17.1. The third kappa shape index (κ3) is 3.15. The van der Waals surface area contributed by atoms with Gasteiger partial charge in [-0.05, 0) is 44.7 Å². The van der Waals surface area contributed by atoms with Gasteiger partial charge in [-0.1, -0.05) is 20.8 Å². The highest BCUT2D eigenvalue weighted by Crippen LogP contribution is 2.45. The quantitative estimate of drug-likeness (QED) is 0.810. The van der Waals surface area contributed by atoms with Crippen LogP contribution in [0.5, 0.6) is 0 Å². The summed E-state index contributed by atoms with van der Waals surface area (Å²) in [6.45, 7) is 9.56. The van der Waals surface area contributed by atoms with Gasteiger partial charge in [0.25, 0.3) is 5.56 Å². The molecule has 1 aliphatic heterocycles. The summed E-state index contributed by atoms with van der Waals surface area (Å²) in [6.07, 6.45) is 5.40. The van der Waals surface area contributed by atoms with Crippen LogP contribution in [-0.2, 0) is 17.3 Å².